The smallest absolute Gasteiger partial charge is 0.123 e. The van der Waals surface area contributed by atoms with Gasteiger partial charge in [0.25, 0.3) is 0 Å². The van der Waals surface area contributed by atoms with Gasteiger partial charge in [-0.2, -0.15) is 0 Å². The van der Waals surface area contributed by atoms with Gasteiger partial charge < -0.3 is 5.73 Å². The maximum atomic E-state index is 13.2. The first-order chi connectivity index (χ1) is 8.08. The summed E-state index contributed by atoms with van der Waals surface area (Å²) in [4.78, 5) is 0. The molecule has 2 rings (SSSR count). The van der Waals surface area contributed by atoms with Crippen molar-refractivity contribution in [3.8, 4) is 0 Å². The average Bonchev–Trinajstić information content (AvgIpc) is 2.31. The van der Waals surface area contributed by atoms with Gasteiger partial charge >= 0.3 is 0 Å². The number of halogens is 2. The molecular weight excluding hydrogens is 328 g/mol. The van der Waals surface area contributed by atoms with Crippen molar-refractivity contribution in [3.63, 3.8) is 0 Å². The first-order valence-corrected chi connectivity index (χ1v) is 6.43. The maximum absolute atomic E-state index is 13.2. The molecule has 3 heteroatoms. The van der Waals surface area contributed by atoms with Crippen molar-refractivity contribution in [1.82, 2.24) is 0 Å². The van der Waals surface area contributed by atoms with Gasteiger partial charge in [-0.1, -0.05) is 18.2 Å². The van der Waals surface area contributed by atoms with Crippen LogP contribution >= 0.6 is 22.6 Å². The monoisotopic (exact) mass is 341 g/mol. The average molecular weight is 341 g/mol. The van der Waals surface area contributed by atoms with Crippen molar-refractivity contribution in [2.24, 2.45) is 5.73 Å². The van der Waals surface area contributed by atoms with Gasteiger partial charge in [-0.3, -0.25) is 0 Å². The fourth-order valence-electron chi connectivity index (χ4n) is 1.83. The van der Waals surface area contributed by atoms with Crippen LogP contribution in [0.2, 0.25) is 0 Å². The Kier molecular flexibility index (Phi) is 3.79. The summed E-state index contributed by atoms with van der Waals surface area (Å²) in [6, 6.07) is 12.4. The van der Waals surface area contributed by atoms with Crippen LogP contribution in [0.1, 0.15) is 22.7 Å². The molecule has 0 aliphatic carbocycles. The minimum atomic E-state index is -0.277. The minimum absolute atomic E-state index is 0.244. The van der Waals surface area contributed by atoms with Gasteiger partial charge in [-0.25, -0.2) is 4.39 Å². The second-order valence-corrected chi connectivity index (χ2v) is 5.28. The highest BCUT2D eigenvalue weighted by atomic mass is 127. The molecule has 0 aromatic heterocycles. The number of hydrogen-bond acceptors (Lipinski definition) is 1. The summed E-state index contributed by atoms with van der Waals surface area (Å²) in [6.07, 6.45) is 0. The first-order valence-electron chi connectivity index (χ1n) is 5.35. The topological polar surface area (TPSA) is 26.0 Å². The molecule has 0 amide bonds. The van der Waals surface area contributed by atoms with E-state index in [0.29, 0.717) is 0 Å². The van der Waals surface area contributed by atoms with Crippen LogP contribution in [-0.4, -0.2) is 0 Å². The molecule has 0 heterocycles. The van der Waals surface area contributed by atoms with Gasteiger partial charge in [0.2, 0.25) is 0 Å². The summed E-state index contributed by atoms with van der Waals surface area (Å²) in [5.41, 5.74) is 9.04. The predicted molar refractivity (Wildman–Crippen MR) is 76.3 cm³/mol. The number of nitrogens with two attached hydrogens (primary N) is 1. The van der Waals surface area contributed by atoms with Gasteiger partial charge in [0, 0.05) is 3.57 Å². The number of hydrogen-bond donors (Lipinski definition) is 1. The molecule has 17 heavy (non-hydrogen) atoms. The molecule has 0 aliphatic rings. The van der Waals surface area contributed by atoms with E-state index in [1.807, 2.05) is 31.2 Å². The normalized spacial score (nSPS) is 12.5. The molecule has 1 atom stereocenters. The lowest BCUT2D eigenvalue weighted by molar-refractivity contribution is 0.622. The molecule has 88 valence electrons. The molecule has 2 aromatic rings. The Labute approximate surface area is 114 Å². The van der Waals surface area contributed by atoms with Crippen LogP contribution in [0.5, 0.6) is 0 Å². The molecule has 0 radical (unpaired) electrons. The van der Waals surface area contributed by atoms with Gasteiger partial charge in [-0.05, 0) is 70.5 Å². The zero-order valence-corrected chi connectivity index (χ0v) is 11.6. The lowest BCUT2D eigenvalue weighted by Crippen LogP contribution is -2.13. The second-order valence-electron chi connectivity index (χ2n) is 4.03. The van der Waals surface area contributed by atoms with Crippen LogP contribution in [0.25, 0.3) is 0 Å². The van der Waals surface area contributed by atoms with E-state index in [2.05, 4.69) is 22.6 Å². The van der Waals surface area contributed by atoms with Crippen LogP contribution in [-0.2, 0) is 0 Å². The summed E-state index contributed by atoms with van der Waals surface area (Å²) < 4.78 is 14.4. The number of aryl methyl sites for hydroxylation is 1. The minimum Gasteiger partial charge on any atom is -0.320 e. The summed E-state index contributed by atoms with van der Waals surface area (Å²) in [5, 5.41) is 0. The molecule has 1 nitrogen and oxygen atoms in total. The predicted octanol–water partition coefficient (Wildman–Crippen LogP) is 3.79. The Morgan fingerprint density at radius 2 is 1.94 bits per heavy atom. The quantitative estimate of drug-likeness (QED) is 0.827. The van der Waals surface area contributed by atoms with E-state index in [4.69, 9.17) is 5.73 Å². The van der Waals surface area contributed by atoms with E-state index in [1.54, 1.807) is 6.07 Å². The van der Waals surface area contributed by atoms with E-state index in [0.717, 1.165) is 20.3 Å². The van der Waals surface area contributed by atoms with E-state index in [9.17, 15) is 4.39 Å². The van der Waals surface area contributed by atoms with Gasteiger partial charge in [-0.15, -0.1) is 0 Å². The molecule has 0 bridgehead atoms. The van der Waals surface area contributed by atoms with E-state index >= 15 is 0 Å². The highest BCUT2D eigenvalue weighted by Crippen LogP contribution is 2.24. The van der Waals surface area contributed by atoms with Crippen LogP contribution in [0.3, 0.4) is 0 Å². The molecular formula is C14H13FIN. The molecule has 1 unspecified atom stereocenters. The fourth-order valence-corrected chi connectivity index (χ4v) is 2.39. The van der Waals surface area contributed by atoms with Crippen LogP contribution < -0.4 is 5.73 Å². The Hall–Kier alpha value is -0.940. The zero-order chi connectivity index (χ0) is 12.4. The Balaban J connectivity index is 2.43. The number of rotatable bonds is 2. The van der Waals surface area contributed by atoms with Gasteiger partial charge in [0.1, 0.15) is 5.82 Å². The van der Waals surface area contributed by atoms with Crippen molar-refractivity contribution >= 4 is 22.6 Å². The second kappa shape index (κ2) is 5.14. The molecule has 0 aliphatic heterocycles. The largest absolute Gasteiger partial charge is 0.320 e. The van der Waals surface area contributed by atoms with Gasteiger partial charge in [0.05, 0.1) is 6.04 Å². The lowest BCUT2D eigenvalue weighted by Gasteiger charge is -2.15. The molecule has 2 N–H and O–H groups in total. The van der Waals surface area contributed by atoms with Crippen LogP contribution in [0.4, 0.5) is 4.39 Å². The summed E-state index contributed by atoms with van der Waals surface area (Å²) >= 11 is 2.24. The standard InChI is InChI=1S/C14H13FIN/c1-9-5-6-11(15)8-13(9)14(17)10-3-2-4-12(16)7-10/h2-8,14H,17H2,1H3. The molecule has 0 spiro atoms. The summed E-state index contributed by atoms with van der Waals surface area (Å²) in [6.45, 7) is 1.95. The van der Waals surface area contributed by atoms with Crippen LogP contribution in [0, 0.1) is 16.3 Å². The van der Waals surface area contributed by atoms with Crippen molar-refractivity contribution in [2.75, 3.05) is 0 Å². The van der Waals surface area contributed by atoms with Crippen molar-refractivity contribution in [3.05, 3.63) is 68.5 Å². The van der Waals surface area contributed by atoms with Crippen molar-refractivity contribution in [2.45, 2.75) is 13.0 Å². The third-order valence-corrected chi connectivity index (χ3v) is 3.46. The summed E-state index contributed by atoms with van der Waals surface area (Å²) in [5.74, 6) is -0.244. The molecule has 0 saturated heterocycles. The molecule has 0 fully saturated rings. The highest BCUT2D eigenvalue weighted by Gasteiger charge is 2.12. The highest BCUT2D eigenvalue weighted by molar-refractivity contribution is 14.1. The van der Waals surface area contributed by atoms with Crippen LogP contribution in [0.15, 0.2) is 42.5 Å². The lowest BCUT2D eigenvalue weighted by atomic mass is 9.96. The zero-order valence-electron chi connectivity index (χ0n) is 9.45. The fraction of sp³-hybridized carbons (Fsp3) is 0.143. The van der Waals surface area contributed by atoms with E-state index < -0.39 is 0 Å². The molecule has 0 saturated carbocycles. The third kappa shape index (κ3) is 2.84. The SMILES string of the molecule is Cc1ccc(F)cc1C(N)c1cccc(I)c1. The van der Waals surface area contributed by atoms with E-state index in [-0.39, 0.29) is 11.9 Å². The Morgan fingerprint density at radius 1 is 1.18 bits per heavy atom. The Bertz CT molecular complexity index is 539. The summed E-state index contributed by atoms with van der Waals surface area (Å²) in [7, 11) is 0. The van der Waals surface area contributed by atoms with E-state index in [1.165, 1.54) is 12.1 Å². The molecule has 2 aromatic carbocycles. The number of benzene rings is 2. The first kappa shape index (κ1) is 12.5. The third-order valence-electron chi connectivity index (χ3n) is 2.78. The Morgan fingerprint density at radius 3 is 2.65 bits per heavy atom. The van der Waals surface area contributed by atoms with Crippen molar-refractivity contribution < 1.29 is 4.39 Å². The van der Waals surface area contributed by atoms with Crippen molar-refractivity contribution in [1.29, 1.82) is 0 Å². The van der Waals surface area contributed by atoms with Gasteiger partial charge in [0.15, 0.2) is 0 Å². The maximum Gasteiger partial charge on any atom is 0.123 e.